The van der Waals surface area contributed by atoms with Gasteiger partial charge in [-0.05, 0) is 41.1 Å². The van der Waals surface area contributed by atoms with Gasteiger partial charge in [-0.3, -0.25) is 10.1 Å². The lowest BCUT2D eigenvalue weighted by atomic mass is 10.1. The number of ether oxygens (including phenoxy) is 4. The number of para-hydroxylation sites is 1. The molecule has 3 rings (SSSR count). The van der Waals surface area contributed by atoms with Crippen LogP contribution in [-0.4, -0.2) is 38.8 Å². The number of anilines is 1. The van der Waals surface area contributed by atoms with Crippen LogP contribution in [0.4, 0.5) is 5.13 Å². The third kappa shape index (κ3) is 4.36. The third-order valence-corrected chi connectivity index (χ3v) is 5.75. The van der Waals surface area contributed by atoms with Crippen LogP contribution < -0.4 is 24.3 Å². The van der Waals surface area contributed by atoms with Crippen LogP contribution >= 0.6 is 27.3 Å². The Morgan fingerprint density at radius 3 is 2.50 bits per heavy atom. The van der Waals surface area contributed by atoms with Gasteiger partial charge < -0.3 is 18.9 Å². The highest BCUT2D eigenvalue weighted by atomic mass is 79.9. The molecule has 30 heavy (non-hydrogen) atoms. The van der Waals surface area contributed by atoms with Gasteiger partial charge in [-0.15, -0.1) is 11.3 Å². The van der Waals surface area contributed by atoms with E-state index in [1.165, 1.54) is 32.7 Å². The monoisotopic (exact) mass is 492 g/mol. The number of thiazole rings is 1. The second kappa shape index (κ2) is 9.82. The van der Waals surface area contributed by atoms with Crippen molar-refractivity contribution >= 4 is 38.3 Å². The minimum atomic E-state index is -0.361. The van der Waals surface area contributed by atoms with Gasteiger partial charge in [0.2, 0.25) is 5.75 Å². The van der Waals surface area contributed by atoms with Crippen molar-refractivity contribution in [3.05, 3.63) is 45.7 Å². The molecule has 0 unspecified atom stereocenters. The predicted octanol–water partition coefficient (Wildman–Crippen LogP) is 5.25. The number of halogens is 1. The van der Waals surface area contributed by atoms with Gasteiger partial charge >= 0.3 is 0 Å². The molecule has 2 aromatic carbocycles. The van der Waals surface area contributed by atoms with Crippen LogP contribution in [-0.2, 0) is 0 Å². The Labute approximate surface area is 187 Å². The van der Waals surface area contributed by atoms with Gasteiger partial charge in [-0.2, -0.15) is 0 Å². The molecule has 158 valence electrons. The maximum atomic E-state index is 12.9. The maximum absolute atomic E-state index is 12.9. The first-order valence-electron chi connectivity index (χ1n) is 9.01. The van der Waals surface area contributed by atoms with E-state index in [9.17, 15) is 4.79 Å². The average Bonchev–Trinajstić information content (AvgIpc) is 3.21. The number of amides is 1. The second-order valence-corrected chi connectivity index (χ2v) is 7.58. The summed E-state index contributed by atoms with van der Waals surface area (Å²) < 4.78 is 22.2. The van der Waals surface area contributed by atoms with E-state index in [1.54, 1.807) is 6.07 Å². The molecule has 3 aromatic rings. The van der Waals surface area contributed by atoms with E-state index in [1.807, 2.05) is 36.6 Å². The SMILES string of the molecule is CCOc1ccccc1-c1csc(NC(=O)c2cc(OC)c(OC)c(OC)c2Br)n1. The van der Waals surface area contributed by atoms with Gasteiger partial charge in [0.15, 0.2) is 16.6 Å². The molecule has 1 heterocycles. The zero-order chi connectivity index (χ0) is 21.7. The summed E-state index contributed by atoms with van der Waals surface area (Å²) in [6.45, 7) is 2.48. The lowest BCUT2D eigenvalue weighted by Gasteiger charge is -2.16. The molecule has 0 aliphatic heterocycles. The van der Waals surface area contributed by atoms with Gasteiger partial charge in [-0.1, -0.05) is 12.1 Å². The fourth-order valence-electron chi connectivity index (χ4n) is 2.87. The molecule has 0 saturated carbocycles. The molecule has 0 fully saturated rings. The van der Waals surface area contributed by atoms with E-state index in [0.717, 1.165) is 17.0 Å². The second-order valence-electron chi connectivity index (χ2n) is 5.93. The summed E-state index contributed by atoms with van der Waals surface area (Å²) in [4.78, 5) is 17.5. The number of nitrogens with zero attached hydrogens (tertiary/aromatic N) is 1. The normalized spacial score (nSPS) is 10.4. The zero-order valence-corrected chi connectivity index (χ0v) is 19.3. The molecule has 0 aliphatic rings. The van der Waals surface area contributed by atoms with Gasteiger partial charge in [0.25, 0.3) is 5.91 Å². The zero-order valence-electron chi connectivity index (χ0n) is 16.9. The Kier molecular flexibility index (Phi) is 7.17. The molecule has 7 nitrogen and oxygen atoms in total. The molecule has 0 radical (unpaired) electrons. The Bertz CT molecular complexity index is 1050. The predicted molar refractivity (Wildman–Crippen MR) is 120 cm³/mol. The summed E-state index contributed by atoms with van der Waals surface area (Å²) in [7, 11) is 4.49. The molecule has 1 aromatic heterocycles. The van der Waals surface area contributed by atoms with Crippen molar-refractivity contribution in [2.45, 2.75) is 6.92 Å². The number of hydrogen-bond donors (Lipinski definition) is 1. The van der Waals surface area contributed by atoms with Gasteiger partial charge in [0.1, 0.15) is 5.75 Å². The Hall–Kier alpha value is -2.78. The largest absolute Gasteiger partial charge is 0.493 e. The lowest BCUT2D eigenvalue weighted by molar-refractivity contribution is 0.102. The first-order valence-corrected chi connectivity index (χ1v) is 10.7. The lowest BCUT2D eigenvalue weighted by Crippen LogP contribution is -2.13. The Morgan fingerprint density at radius 2 is 1.83 bits per heavy atom. The molecule has 0 bridgehead atoms. The summed E-state index contributed by atoms with van der Waals surface area (Å²) in [5, 5.41) is 5.16. The van der Waals surface area contributed by atoms with Crippen LogP contribution in [0.1, 0.15) is 17.3 Å². The number of benzene rings is 2. The van der Waals surface area contributed by atoms with Crippen molar-refractivity contribution in [1.29, 1.82) is 0 Å². The molecule has 1 amide bonds. The van der Waals surface area contributed by atoms with Crippen molar-refractivity contribution in [2.75, 3.05) is 33.3 Å². The van der Waals surface area contributed by atoms with Crippen molar-refractivity contribution < 1.29 is 23.7 Å². The molecular formula is C21H21BrN2O5S. The van der Waals surface area contributed by atoms with Crippen molar-refractivity contribution in [3.8, 4) is 34.3 Å². The standard InChI is InChI=1S/C21H21BrN2O5S/c1-5-29-15-9-7-6-8-12(15)14-11-30-21(23-14)24-20(25)13-10-16(26-2)18(27-3)19(28-4)17(13)22/h6-11H,5H2,1-4H3,(H,23,24,25). The summed E-state index contributed by atoms with van der Waals surface area (Å²) in [5.74, 6) is 1.53. The summed E-state index contributed by atoms with van der Waals surface area (Å²) in [6, 6.07) is 9.23. The quantitative estimate of drug-likeness (QED) is 0.462. The summed E-state index contributed by atoms with van der Waals surface area (Å²) >= 11 is 4.75. The number of methoxy groups -OCH3 is 3. The van der Waals surface area contributed by atoms with Gasteiger partial charge in [-0.25, -0.2) is 4.98 Å². The number of rotatable bonds is 8. The fourth-order valence-corrected chi connectivity index (χ4v) is 4.21. The fraction of sp³-hybridized carbons (Fsp3) is 0.238. The van der Waals surface area contributed by atoms with E-state index in [0.29, 0.717) is 39.0 Å². The molecular weight excluding hydrogens is 472 g/mol. The van der Waals surface area contributed by atoms with Gasteiger partial charge in [0, 0.05) is 10.9 Å². The van der Waals surface area contributed by atoms with E-state index < -0.39 is 0 Å². The maximum Gasteiger partial charge on any atom is 0.258 e. The first kappa shape index (κ1) is 21.9. The molecule has 0 atom stereocenters. The first-order chi connectivity index (χ1) is 14.5. The number of carbonyl (C=O) groups is 1. The number of carbonyl (C=O) groups excluding carboxylic acids is 1. The smallest absolute Gasteiger partial charge is 0.258 e. The highest BCUT2D eigenvalue weighted by Gasteiger charge is 2.23. The third-order valence-electron chi connectivity index (χ3n) is 4.20. The summed E-state index contributed by atoms with van der Waals surface area (Å²) in [6.07, 6.45) is 0. The summed E-state index contributed by atoms with van der Waals surface area (Å²) in [5.41, 5.74) is 1.92. The van der Waals surface area contributed by atoms with Crippen molar-refractivity contribution in [2.24, 2.45) is 0 Å². The molecule has 1 N–H and O–H groups in total. The highest BCUT2D eigenvalue weighted by Crippen LogP contribution is 2.45. The minimum Gasteiger partial charge on any atom is -0.493 e. The molecule has 0 saturated heterocycles. The van der Waals surface area contributed by atoms with E-state index in [-0.39, 0.29) is 5.91 Å². The Balaban J connectivity index is 1.90. The minimum absolute atomic E-state index is 0.330. The number of hydrogen-bond acceptors (Lipinski definition) is 7. The van der Waals surface area contributed by atoms with Crippen molar-refractivity contribution in [3.63, 3.8) is 0 Å². The highest BCUT2D eigenvalue weighted by molar-refractivity contribution is 9.10. The average molecular weight is 493 g/mol. The van der Waals surface area contributed by atoms with Crippen LogP contribution in [0.3, 0.4) is 0 Å². The number of aromatic nitrogens is 1. The van der Waals surface area contributed by atoms with Crippen LogP contribution in [0, 0.1) is 0 Å². The Morgan fingerprint density at radius 1 is 1.10 bits per heavy atom. The van der Waals surface area contributed by atoms with Crippen LogP contribution in [0.2, 0.25) is 0 Å². The van der Waals surface area contributed by atoms with Gasteiger partial charge in [0.05, 0.1) is 43.7 Å². The van der Waals surface area contributed by atoms with E-state index in [4.69, 9.17) is 18.9 Å². The van der Waals surface area contributed by atoms with Crippen LogP contribution in [0.25, 0.3) is 11.3 Å². The van der Waals surface area contributed by atoms with E-state index >= 15 is 0 Å². The molecule has 0 spiro atoms. The van der Waals surface area contributed by atoms with E-state index in [2.05, 4.69) is 26.2 Å². The van der Waals surface area contributed by atoms with Crippen LogP contribution in [0.5, 0.6) is 23.0 Å². The van der Waals surface area contributed by atoms with Crippen LogP contribution in [0.15, 0.2) is 40.2 Å². The molecule has 0 aliphatic carbocycles. The number of nitrogens with one attached hydrogen (secondary N) is 1. The molecule has 9 heteroatoms. The van der Waals surface area contributed by atoms with Crippen molar-refractivity contribution in [1.82, 2.24) is 4.98 Å². The topological polar surface area (TPSA) is 78.9 Å².